The van der Waals surface area contributed by atoms with E-state index in [0.29, 0.717) is 35.7 Å². The Morgan fingerprint density at radius 2 is 2.00 bits per heavy atom. The molecule has 0 radical (unpaired) electrons. The Labute approximate surface area is 217 Å². The van der Waals surface area contributed by atoms with Crippen molar-refractivity contribution in [2.75, 3.05) is 5.32 Å². The number of carbonyl (C=O) groups excluding carboxylic acids is 2. The van der Waals surface area contributed by atoms with Crippen molar-refractivity contribution in [3.8, 4) is 17.2 Å². The summed E-state index contributed by atoms with van der Waals surface area (Å²) in [6, 6.07) is 11.6. The fourth-order valence-corrected chi connectivity index (χ4v) is 5.55. The molecule has 3 atom stereocenters. The highest BCUT2D eigenvalue weighted by Gasteiger charge is 2.59. The summed E-state index contributed by atoms with van der Waals surface area (Å²) in [6.45, 7) is 1.62. The Kier molecular flexibility index (Phi) is 5.89. The standard InChI is InChI=1S/C29H25F3N2O4/c1-15-2-3-16(22(12-15)29(30,31)32)4-5-17(35)13-21-26-20-14-18(6-8-23(20)38-27(21)26)37-24-10-11-33-28-19(24)7-9-25(36)34-28/h2-3,6,8,10-12,14,21,26-27H,4-5,7,9,13H2,1H3,(H,33,34,36)/t21-,26-,27+/m0/s1. The summed E-state index contributed by atoms with van der Waals surface area (Å²) in [4.78, 5) is 28.6. The maximum absolute atomic E-state index is 13.4. The smallest absolute Gasteiger partial charge is 0.416 e. The lowest BCUT2D eigenvalue weighted by Gasteiger charge is -2.19. The van der Waals surface area contributed by atoms with Gasteiger partial charge in [-0.15, -0.1) is 0 Å². The molecule has 1 saturated carbocycles. The van der Waals surface area contributed by atoms with Crippen LogP contribution in [0.1, 0.15) is 53.0 Å². The minimum atomic E-state index is -4.45. The van der Waals surface area contributed by atoms with Gasteiger partial charge in [-0.25, -0.2) is 4.98 Å². The van der Waals surface area contributed by atoms with E-state index in [2.05, 4.69) is 10.3 Å². The molecule has 196 valence electrons. The quantitative estimate of drug-likeness (QED) is 0.403. The van der Waals surface area contributed by atoms with E-state index in [1.54, 1.807) is 25.3 Å². The molecule has 3 aliphatic rings. The molecule has 1 N–H and O–H groups in total. The molecule has 3 aromatic rings. The number of anilines is 1. The van der Waals surface area contributed by atoms with Gasteiger partial charge in [0.25, 0.3) is 0 Å². The first-order valence-corrected chi connectivity index (χ1v) is 12.6. The number of nitrogens with zero attached hydrogens (tertiary/aromatic N) is 1. The van der Waals surface area contributed by atoms with Gasteiger partial charge < -0.3 is 14.8 Å². The largest absolute Gasteiger partial charge is 0.489 e. The lowest BCUT2D eigenvalue weighted by Crippen LogP contribution is -2.20. The highest BCUT2D eigenvalue weighted by atomic mass is 19.4. The van der Waals surface area contributed by atoms with E-state index in [0.717, 1.165) is 22.9 Å². The highest BCUT2D eigenvalue weighted by molar-refractivity contribution is 5.93. The van der Waals surface area contributed by atoms with Crippen LogP contribution in [0.5, 0.6) is 17.2 Å². The van der Waals surface area contributed by atoms with E-state index in [4.69, 9.17) is 9.47 Å². The van der Waals surface area contributed by atoms with Crippen molar-refractivity contribution < 1.29 is 32.2 Å². The summed E-state index contributed by atoms with van der Waals surface area (Å²) in [5.74, 6) is 2.45. The van der Waals surface area contributed by atoms with Crippen LogP contribution < -0.4 is 14.8 Å². The fourth-order valence-electron chi connectivity index (χ4n) is 5.55. The number of pyridine rings is 1. The van der Waals surface area contributed by atoms with Crippen molar-refractivity contribution in [1.29, 1.82) is 0 Å². The summed E-state index contributed by atoms with van der Waals surface area (Å²) in [5.41, 5.74) is 1.83. The number of hydrogen-bond acceptors (Lipinski definition) is 5. The second-order valence-electron chi connectivity index (χ2n) is 10.2. The number of nitrogens with one attached hydrogen (secondary N) is 1. The lowest BCUT2D eigenvalue weighted by atomic mass is 9.97. The average Bonchev–Trinajstić information content (AvgIpc) is 3.38. The first kappa shape index (κ1) is 24.5. The van der Waals surface area contributed by atoms with E-state index in [-0.39, 0.29) is 54.5 Å². The molecule has 3 heterocycles. The highest BCUT2D eigenvalue weighted by Crippen LogP contribution is 2.60. The van der Waals surface area contributed by atoms with Crippen molar-refractivity contribution in [3.63, 3.8) is 0 Å². The fraction of sp³-hybridized carbons (Fsp3) is 0.345. The number of ether oxygens (including phenoxy) is 2. The van der Waals surface area contributed by atoms with Gasteiger partial charge in [-0.1, -0.05) is 17.7 Å². The summed E-state index contributed by atoms with van der Waals surface area (Å²) in [7, 11) is 0. The first-order chi connectivity index (χ1) is 18.2. The molecule has 2 aliphatic heterocycles. The molecule has 1 aromatic heterocycles. The Morgan fingerprint density at radius 3 is 2.82 bits per heavy atom. The number of alkyl halides is 3. The van der Waals surface area contributed by atoms with Gasteiger partial charge >= 0.3 is 6.18 Å². The molecule has 0 saturated heterocycles. The zero-order chi connectivity index (χ0) is 26.6. The van der Waals surface area contributed by atoms with Crippen molar-refractivity contribution in [2.45, 2.75) is 57.2 Å². The summed E-state index contributed by atoms with van der Waals surface area (Å²) in [6.07, 6.45) is -1.66. The molecule has 1 fully saturated rings. The molecule has 0 spiro atoms. The number of amides is 1. The van der Waals surface area contributed by atoms with E-state index in [9.17, 15) is 22.8 Å². The number of Topliss-reactive ketones (excluding diaryl/α,β-unsaturated/α-hetero) is 1. The van der Waals surface area contributed by atoms with Gasteiger partial charge in [0.2, 0.25) is 5.91 Å². The Hall–Kier alpha value is -3.88. The number of aryl methyl sites for hydroxylation is 2. The molecule has 38 heavy (non-hydrogen) atoms. The molecular formula is C29H25F3N2O4. The van der Waals surface area contributed by atoms with Crippen molar-refractivity contribution in [1.82, 2.24) is 4.98 Å². The Balaban J connectivity index is 1.10. The minimum Gasteiger partial charge on any atom is -0.489 e. The predicted octanol–water partition coefficient (Wildman–Crippen LogP) is 6.15. The molecule has 0 unspecified atom stereocenters. The third-order valence-electron chi connectivity index (χ3n) is 7.51. The molecule has 6 rings (SSSR count). The van der Waals surface area contributed by atoms with Gasteiger partial charge in [0.1, 0.15) is 35.0 Å². The number of ketones is 1. The maximum Gasteiger partial charge on any atom is 0.416 e. The van der Waals surface area contributed by atoms with E-state index in [1.807, 2.05) is 18.2 Å². The second-order valence-corrected chi connectivity index (χ2v) is 10.2. The van der Waals surface area contributed by atoms with Gasteiger partial charge in [0.05, 0.1) is 5.56 Å². The average molecular weight is 523 g/mol. The van der Waals surface area contributed by atoms with Gasteiger partial charge in [0.15, 0.2) is 0 Å². The molecular weight excluding hydrogens is 497 g/mol. The molecule has 0 bridgehead atoms. The third kappa shape index (κ3) is 4.61. The van der Waals surface area contributed by atoms with E-state index in [1.165, 1.54) is 6.07 Å². The molecule has 1 aliphatic carbocycles. The number of halogens is 3. The SMILES string of the molecule is Cc1ccc(CCC(=O)C[C@@H]2[C@H]3Oc4ccc(Oc5ccnc6c5CCC(=O)N6)cc4[C@@H]23)c(C(F)(F)F)c1. The van der Waals surface area contributed by atoms with Gasteiger partial charge in [0, 0.05) is 48.4 Å². The Morgan fingerprint density at radius 1 is 1.16 bits per heavy atom. The molecule has 1 amide bonds. The summed E-state index contributed by atoms with van der Waals surface area (Å²) < 4.78 is 52.4. The molecule has 6 nitrogen and oxygen atoms in total. The monoisotopic (exact) mass is 522 g/mol. The number of benzene rings is 2. The summed E-state index contributed by atoms with van der Waals surface area (Å²) >= 11 is 0. The number of fused-ring (bicyclic) bond motifs is 4. The second kappa shape index (κ2) is 9.15. The van der Waals surface area contributed by atoms with E-state index >= 15 is 0 Å². The predicted molar refractivity (Wildman–Crippen MR) is 132 cm³/mol. The topological polar surface area (TPSA) is 77.5 Å². The normalized spacial score (nSPS) is 21.1. The van der Waals surface area contributed by atoms with Crippen molar-refractivity contribution in [2.24, 2.45) is 5.92 Å². The third-order valence-corrected chi connectivity index (χ3v) is 7.51. The van der Waals surface area contributed by atoms with Crippen LogP contribution in [0.2, 0.25) is 0 Å². The maximum atomic E-state index is 13.4. The van der Waals surface area contributed by atoms with Crippen LogP contribution >= 0.6 is 0 Å². The lowest BCUT2D eigenvalue weighted by molar-refractivity contribution is -0.138. The van der Waals surface area contributed by atoms with E-state index < -0.39 is 11.7 Å². The number of rotatable bonds is 7. The van der Waals surface area contributed by atoms with Gasteiger partial charge in [-0.05, 0) is 55.7 Å². The van der Waals surface area contributed by atoms with Gasteiger partial charge in [-0.3, -0.25) is 9.59 Å². The zero-order valence-corrected chi connectivity index (χ0v) is 20.6. The molecule has 9 heteroatoms. The number of carbonyl (C=O) groups is 2. The Bertz CT molecular complexity index is 1450. The van der Waals surface area contributed by atoms with Crippen molar-refractivity contribution >= 4 is 17.5 Å². The minimum absolute atomic E-state index is 0.00857. The zero-order valence-electron chi connectivity index (χ0n) is 20.6. The number of aromatic nitrogens is 1. The first-order valence-electron chi connectivity index (χ1n) is 12.6. The van der Waals surface area contributed by atoms with Crippen LogP contribution in [0.15, 0.2) is 48.7 Å². The van der Waals surface area contributed by atoms with Crippen LogP contribution in [0.4, 0.5) is 19.0 Å². The van der Waals surface area contributed by atoms with Crippen LogP contribution in [0.25, 0.3) is 0 Å². The van der Waals surface area contributed by atoms with Crippen LogP contribution in [-0.4, -0.2) is 22.8 Å². The summed E-state index contributed by atoms with van der Waals surface area (Å²) in [5, 5.41) is 2.76. The van der Waals surface area contributed by atoms with Gasteiger partial charge in [-0.2, -0.15) is 13.2 Å². The van der Waals surface area contributed by atoms with Crippen molar-refractivity contribution in [3.05, 3.63) is 76.5 Å². The van der Waals surface area contributed by atoms with Crippen LogP contribution in [-0.2, 0) is 28.6 Å². The number of hydrogen-bond donors (Lipinski definition) is 1. The van der Waals surface area contributed by atoms with Crippen LogP contribution in [0.3, 0.4) is 0 Å². The van der Waals surface area contributed by atoms with Crippen LogP contribution in [0, 0.1) is 12.8 Å². The molecule has 2 aromatic carbocycles.